The highest BCUT2D eigenvalue weighted by atomic mass is 35.5. The van der Waals surface area contributed by atoms with Gasteiger partial charge in [0.15, 0.2) is 5.65 Å². The number of hydrogen-bond donors (Lipinski definition) is 0. The predicted molar refractivity (Wildman–Crippen MR) is 77.4 cm³/mol. The zero-order chi connectivity index (χ0) is 13.4. The summed E-state index contributed by atoms with van der Waals surface area (Å²) in [4.78, 5) is 4.72. The van der Waals surface area contributed by atoms with Crippen molar-refractivity contribution < 1.29 is 0 Å². The fourth-order valence-electron chi connectivity index (χ4n) is 2.75. The van der Waals surface area contributed by atoms with Crippen LogP contribution in [0.4, 0.5) is 0 Å². The molecule has 5 heteroatoms. The van der Waals surface area contributed by atoms with Gasteiger partial charge in [-0.1, -0.05) is 26.2 Å². The molecule has 0 saturated heterocycles. The Kier molecular flexibility index (Phi) is 3.52. The lowest BCUT2D eigenvalue weighted by Crippen LogP contribution is -2.07. The number of aromatic nitrogens is 4. The Labute approximate surface area is 118 Å². The molecule has 1 fully saturated rings. The molecule has 0 aromatic carbocycles. The molecule has 0 spiro atoms. The summed E-state index contributed by atoms with van der Waals surface area (Å²) in [5.74, 6) is 2.39. The molecular weight excluding hydrogens is 260 g/mol. The van der Waals surface area contributed by atoms with Crippen LogP contribution < -0.4 is 0 Å². The second-order valence-corrected chi connectivity index (χ2v) is 5.81. The number of fused-ring (bicyclic) bond motifs is 1. The number of alkyl halides is 1. The van der Waals surface area contributed by atoms with E-state index < -0.39 is 0 Å². The monoisotopic (exact) mass is 280 g/mol. The molecule has 3 rings (SSSR count). The van der Waals surface area contributed by atoms with Gasteiger partial charge in [0.05, 0.1) is 11.6 Å². The molecule has 1 saturated carbocycles. The second-order valence-electron chi connectivity index (χ2n) is 5.54. The molecular formula is C14H21ClN4. The summed E-state index contributed by atoms with van der Waals surface area (Å²) in [5, 5.41) is 4.61. The van der Waals surface area contributed by atoms with E-state index in [0.29, 0.717) is 5.88 Å². The van der Waals surface area contributed by atoms with Crippen LogP contribution in [-0.2, 0) is 25.9 Å². The molecule has 0 amide bonds. The SMILES string of the molecule is CCCc1nn(C)c2c1nc(CCl)n2CCC1CC1. The van der Waals surface area contributed by atoms with Crippen molar-refractivity contribution in [3.05, 3.63) is 11.5 Å². The zero-order valence-corrected chi connectivity index (χ0v) is 12.4. The topological polar surface area (TPSA) is 35.6 Å². The van der Waals surface area contributed by atoms with Gasteiger partial charge in [-0.25, -0.2) is 4.98 Å². The largest absolute Gasteiger partial charge is 0.312 e. The first-order valence-corrected chi connectivity index (χ1v) is 7.75. The van der Waals surface area contributed by atoms with Crippen molar-refractivity contribution >= 4 is 22.8 Å². The molecule has 4 nitrogen and oxygen atoms in total. The second kappa shape index (κ2) is 5.16. The Balaban J connectivity index is 2.00. The maximum Gasteiger partial charge on any atom is 0.158 e. The van der Waals surface area contributed by atoms with Gasteiger partial charge in [-0.3, -0.25) is 4.68 Å². The van der Waals surface area contributed by atoms with E-state index in [2.05, 4.69) is 16.6 Å². The molecule has 2 heterocycles. The van der Waals surface area contributed by atoms with E-state index in [1.54, 1.807) is 0 Å². The van der Waals surface area contributed by atoms with Gasteiger partial charge in [-0.15, -0.1) is 11.6 Å². The van der Waals surface area contributed by atoms with E-state index in [9.17, 15) is 0 Å². The molecule has 0 unspecified atom stereocenters. The number of halogens is 1. The fraction of sp³-hybridized carbons (Fsp3) is 0.714. The number of aryl methyl sites for hydroxylation is 3. The Bertz CT molecular complexity index is 580. The van der Waals surface area contributed by atoms with E-state index in [-0.39, 0.29) is 0 Å². The van der Waals surface area contributed by atoms with Crippen molar-refractivity contribution in [3.63, 3.8) is 0 Å². The zero-order valence-electron chi connectivity index (χ0n) is 11.7. The summed E-state index contributed by atoms with van der Waals surface area (Å²) < 4.78 is 4.24. The van der Waals surface area contributed by atoms with Crippen LogP contribution in [0.5, 0.6) is 0 Å². The summed E-state index contributed by atoms with van der Waals surface area (Å²) in [6.07, 6.45) is 6.10. The summed E-state index contributed by atoms with van der Waals surface area (Å²) in [5.41, 5.74) is 3.30. The lowest BCUT2D eigenvalue weighted by atomic mass is 10.2. The Hall–Kier alpha value is -1.03. The van der Waals surface area contributed by atoms with Gasteiger partial charge in [0.25, 0.3) is 0 Å². The summed E-state index contributed by atoms with van der Waals surface area (Å²) >= 11 is 6.06. The van der Waals surface area contributed by atoms with Crippen molar-refractivity contribution in [2.75, 3.05) is 0 Å². The third kappa shape index (κ3) is 2.38. The minimum absolute atomic E-state index is 0.477. The van der Waals surface area contributed by atoms with Crippen LogP contribution in [0.3, 0.4) is 0 Å². The maximum absolute atomic E-state index is 6.06. The van der Waals surface area contributed by atoms with Crippen LogP contribution in [0.2, 0.25) is 0 Å². The van der Waals surface area contributed by atoms with Gasteiger partial charge in [-0.05, 0) is 18.8 Å². The average molecular weight is 281 g/mol. The lowest BCUT2D eigenvalue weighted by molar-refractivity contribution is 0.579. The van der Waals surface area contributed by atoms with Gasteiger partial charge >= 0.3 is 0 Å². The molecule has 1 aliphatic rings. The number of rotatable bonds is 6. The van der Waals surface area contributed by atoms with Crippen molar-refractivity contribution in [1.82, 2.24) is 19.3 Å². The van der Waals surface area contributed by atoms with E-state index in [4.69, 9.17) is 16.6 Å². The first-order valence-electron chi connectivity index (χ1n) is 7.21. The van der Waals surface area contributed by atoms with E-state index in [1.165, 1.54) is 19.3 Å². The van der Waals surface area contributed by atoms with Gasteiger partial charge in [0, 0.05) is 13.6 Å². The van der Waals surface area contributed by atoms with E-state index in [0.717, 1.165) is 48.0 Å². The van der Waals surface area contributed by atoms with E-state index >= 15 is 0 Å². The molecule has 0 radical (unpaired) electrons. The number of nitrogens with zero attached hydrogens (tertiary/aromatic N) is 4. The molecule has 104 valence electrons. The first-order chi connectivity index (χ1) is 9.24. The van der Waals surface area contributed by atoms with Gasteiger partial charge in [0.1, 0.15) is 11.3 Å². The van der Waals surface area contributed by atoms with Crippen LogP contribution in [0.15, 0.2) is 0 Å². The van der Waals surface area contributed by atoms with Crippen LogP contribution >= 0.6 is 11.6 Å². The normalized spacial score (nSPS) is 15.5. The summed E-state index contributed by atoms with van der Waals surface area (Å²) in [6.45, 7) is 3.20. The van der Waals surface area contributed by atoms with Crippen molar-refractivity contribution in [1.29, 1.82) is 0 Å². The highest BCUT2D eigenvalue weighted by molar-refractivity contribution is 6.16. The van der Waals surface area contributed by atoms with Crippen LogP contribution in [-0.4, -0.2) is 19.3 Å². The van der Waals surface area contributed by atoms with E-state index in [1.807, 2.05) is 11.7 Å². The van der Waals surface area contributed by atoms with Gasteiger partial charge < -0.3 is 4.57 Å². The van der Waals surface area contributed by atoms with Crippen LogP contribution in [0, 0.1) is 5.92 Å². The van der Waals surface area contributed by atoms with Crippen molar-refractivity contribution in [2.45, 2.75) is 51.5 Å². The lowest BCUT2D eigenvalue weighted by Gasteiger charge is -2.07. The van der Waals surface area contributed by atoms with Crippen LogP contribution in [0.25, 0.3) is 11.2 Å². The molecule has 0 atom stereocenters. The third-order valence-electron chi connectivity index (χ3n) is 3.93. The summed E-state index contributed by atoms with van der Waals surface area (Å²) in [7, 11) is 2.01. The molecule has 0 N–H and O–H groups in total. The summed E-state index contributed by atoms with van der Waals surface area (Å²) in [6, 6.07) is 0. The molecule has 19 heavy (non-hydrogen) atoms. The maximum atomic E-state index is 6.06. The Morgan fingerprint density at radius 1 is 1.37 bits per heavy atom. The third-order valence-corrected chi connectivity index (χ3v) is 4.17. The van der Waals surface area contributed by atoms with Gasteiger partial charge in [-0.2, -0.15) is 5.10 Å². The van der Waals surface area contributed by atoms with Crippen molar-refractivity contribution in [3.8, 4) is 0 Å². The first kappa shape index (κ1) is 13.0. The molecule has 2 aromatic heterocycles. The number of imidazole rings is 1. The average Bonchev–Trinajstić information content (AvgIpc) is 3.07. The molecule has 2 aromatic rings. The minimum Gasteiger partial charge on any atom is -0.312 e. The highest BCUT2D eigenvalue weighted by Gasteiger charge is 2.23. The minimum atomic E-state index is 0.477. The smallest absolute Gasteiger partial charge is 0.158 e. The fourth-order valence-corrected chi connectivity index (χ4v) is 2.95. The molecule has 0 aliphatic heterocycles. The quantitative estimate of drug-likeness (QED) is 0.762. The van der Waals surface area contributed by atoms with Crippen molar-refractivity contribution in [2.24, 2.45) is 13.0 Å². The van der Waals surface area contributed by atoms with Gasteiger partial charge in [0.2, 0.25) is 0 Å². The Morgan fingerprint density at radius 3 is 2.79 bits per heavy atom. The van der Waals surface area contributed by atoms with Crippen LogP contribution in [0.1, 0.15) is 44.1 Å². The molecule has 1 aliphatic carbocycles. The predicted octanol–water partition coefficient (Wildman–Crippen LogP) is 3.26. The standard InChI is InChI=1S/C14H21ClN4/c1-3-4-11-13-14(18(2)17-11)19(12(9-15)16-13)8-7-10-5-6-10/h10H,3-9H2,1-2H3. The highest BCUT2D eigenvalue weighted by Crippen LogP contribution is 2.33. The Morgan fingerprint density at radius 2 is 2.16 bits per heavy atom. The number of hydrogen-bond acceptors (Lipinski definition) is 2. The molecule has 0 bridgehead atoms.